The molecule has 0 fully saturated rings. The summed E-state index contributed by atoms with van der Waals surface area (Å²) in [5.74, 6) is -0.00407. The SMILES string of the molecule is Cc1cc([N+](=O)[O-])cc(C)c1OC(F)F. The molecule has 0 atom stereocenters. The summed E-state index contributed by atoms with van der Waals surface area (Å²) in [5, 5.41) is 10.5. The standard InChI is InChI=1S/C9H9F2NO3/c1-5-3-7(12(13)14)4-6(2)8(5)15-9(10)11/h3-4,9H,1-2H3. The largest absolute Gasteiger partial charge is 0.434 e. The van der Waals surface area contributed by atoms with Gasteiger partial charge < -0.3 is 4.74 Å². The quantitative estimate of drug-likeness (QED) is 0.577. The van der Waals surface area contributed by atoms with Gasteiger partial charge in [0.15, 0.2) is 0 Å². The highest BCUT2D eigenvalue weighted by atomic mass is 19.3. The third-order valence-corrected chi connectivity index (χ3v) is 1.86. The van der Waals surface area contributed by atoms with Gasteiger partial charge in [-0.05, 0) is 25.0 Å². The number of hydrogen-bond donors (Lipinski definition) is 0. The Balaban J connectivity index is 3.15. The maximum atomic E-state index is 12.0. The number of aryl methyl sites for hydroxylation is 2. The summed E-state index contributed by atoms with van der Waals surface area (Å²) in [5.41, 5.74) is 0.510. The minimum absolute atomic E-state index is 0.00407. The van der Waals surface area contributed by atoms with Crippen LogP contribution in [-0.4, -0.2) is 11.5 Å². The van der Waals surface area contributed by atoms with Crippen LogP contribution in [-0.2, 0) is 0 Å². The van der Waals surface area contributed by atoms with E-state index in [-0.39, 0.29) is 11.4 Å². The second-order valence-electron chi connectivity index (χ2n) is 3.04. The van der Waals surface area contributed by atoms with Crippen LogP contribution in [0.15, 0.2) is 12.1 Å². The van der Waals surface area contributed by atoms with Crippen molar-refractivity contribution in [1.82, 2.24) is 0 Å². The van der Waals surface area contributed by atoms with Crippen molar-refractivity contribution < 1.29 is 18.4 Å². The molecule has 0 N–H and O–H groups in total. The van der Waals surface area contributed by atoms with Crippen molar-refractivity contribution in [3.05, 3.63) is 33.4 Å². The highest BCUT2D eigenvalue weighted by Gasteiger charge is 2.15. The van der Waals surface area contributed by atoms with Gasteiger partial charge in [-0.15, -0.1) is 0 Å². The van der Waals surface area contributed by atoms with E-state index >= 15 is 0 Å². The monoisotopic (exact) mass is 217 g/mol. The first-order valence-electron chi connectivity index (χ1n) is 4.12. The summed E-state index contributed by atoms with van der Waals surface area (Å²) < 4.78 is 28.2. The van der Waals surface area contributed by atoms with Gasteiger partial charge in [0.1, 0.15) is 5.75 Å². The van der Waals surface area contributed by atoms with Gasteiger partial charge in [0.25, 0.3) is 5.69 Å². The van der Waals surface area contributed by atoms with Crippen molar-refractivity contribution in [1.29, 1.82) is 0 Å². The summed E-state index contributed by atoms with van der Waals surface area (Å²) in [4.78, 5) is 9.88. The molecule has 1 aromatic carbocycles. The molecule has 0 radical (unpaired) electrons. The van der Waals surface area contributed by atoms with Crippen LogP contribution >= 0.6 is 0 Å². The Labute approximate surface area is 84.6 Å². The summed E-state index contributed by atoms with van der Waals surface area (Å²) in [7, 11) is 0. The Hall–Kier alpha value is -1.72. The fourth-order valence-corrected chi connectivity index (χ4v) is 1.31. The van der Waals surface area contributed by atoms with Gasteiger partial charge in [0, 0.05) is 12.1 Å². The molecule has 0 aliphatic carbocycles. The summed E-state index contributed by atoms with van der Waals surface area (Å²) in [6.07, 6.45) is 0. The lowest BCUT2D eigenvalue weighted by molar-refractivity contribution is -0.385. The first-order valence-corrected chi connectivity index (χ1v) is 4.12. The van der Waals surface area contributed by atoms with Crippen LogP contribution < -0.4 is 4.74 Å². The van der Waals surface area contributed by atoms with Crippen LogP contribution in [0.4, 0.5) is 14.5 Å². The number of halogens is 2. The zero-order valence-corrected chi connectivity index (χ0v) is 8.16. The van der Waals surface area contributed by atoms with Crippen molar-refractivity contribution in [2.75, 3.05) is 0 Å². The molecule has 0 aliphatic rings. The van der Waals surface area contributed by atoms with Gasteiger partial charge in [-0.25, -0.2) is 0 Å². The Morgan fingerprint density at radius 2 is 1.80 bits per heavy atom. The molecular formula is C9H9F2NO3. The van der Waals surface area contributed by atoms with E-state index in [2.05, 4.69) is 4.74 Å². The first-order chi connectivity index (χ1) is 6.91. The van der Waals surface area contributed by atoms with Crippen molar-refractivity contribution >= 4 is 5.69 Å². The van der Waals surface area contributed by atoms with Gasteiger partial charge in [-0.3, -0.25) is 10.1 Å². The summed E-state index contributed by atoms with van der Waals surface area (Å²) in [6.45, 7) is 0.0407. The van der Waals surface area contributed by atoms with E-state index in [4.69, 9.17) is 0 Å². The van der Waals surface area contributed by atoms with Gasteiger partial charge in [0.05, 0.1) is 4.92 Å². The second-order valence-corrected chi connectivity index (χ2v) is 3.04. The molecule has 0 unspecified atom stereocenters. The molecule has 4 nitrogen and oxygen atoms in total. The van der Waals surface area contributed by atoms with Gasteiger partial charge in [-0.1, -0.05) is 0 Å². The predicted molar refractivity (Wildman–Crippen MR) is 49.2 cm³/mol. The van der Waals surface area contributed by atoms with Gasteiger partial charge in [0.2, 0.25) is 0 Å². The van der Waals surface area contributed by atoms with Crippen LogP contribution in [0.25, 0.3) is 0 Å². The molecule has 1 aromatic rings. The Morgan fingerprint density at radius 1 is 1.33 bits per heavy atom. The predicted octanol–water partition coefficient (Wildman–Crippen LogP) is 2.81. The zero-order chi connectivity index (χ0) is 11.6. The highest BCUT2D eigenvalue weighted by molar-refractivity contribution is 5.48. The van der Waals surface area contributed by atoms with Crippen LogP contribution in [0, 0.1) is 24.0 Å². The highest BCUT2D eigenvalue weighted by Crippen LogP contribution is 2.29. The van der Waals surface area contributed by atoms with E-state index in [0.29, 0.717) is 11.1 Å². The Morgan fingerprint density at radius 3 is 2.13 bits per heavy atom. The number of rotatable bonds is 3. The number of non-ortho nitro benzene ring substituents is 1. The average Bonchev–Trinajstić information content (AvgIpc) is 2.10. The fraction of sp³-hybridized carbons (Fsp3) is 0.333. The number of nitro benzene ring substituents is 1. The molecule has 0 spiro atoms. The lowest BCUT2D eigenvalue weighted by atomic mass is 10.1. The van der Waals surface area contributed by atoms with E-state index in [1.165, 1.54) is 26.0 Å². The molecule has 6 heteroatoms. The molecule has 0 saturated carbocycles. The van der Waals surface area contributed by atoms with E-state index in [1.807, 2.05) is 0 Å². The third kappa shape index (κ3) is 2.61. The fourth-order valence-electron chi connectivity index (χ4n) is 1.31. The second kappa shape index (κ2) is 4.20. The lowest BCUT2D eigenvalue weighted by Crippen LogP contribution is -2.05. The van der Waals surface area contributed by atoms with Crippen LogP contribution in [0.5, 0.6) is 5.75 Å². The number of nitrogens with zero attached hydrogens (tertiary/aromatic N) is 1. The minimum atomic E-state index is -2.93. The van der Waals surface area contributed by atoms with Gasteiger partial charge >= 0.3 is 6.61 Å². The van der Waals surface area contributed by atoms with E-state index in [1.54, 1.807) is 0 Å². The molecule has 0 saturated heterocycles. The topological polar surface area (TPSA) is 52.4 Å². The first kappa shape index (κ1) is 11.4. The van der Waals surface area contributed by atoms with E-state index < -0.39 is 11.5 Å². The Kier molecular flexibility index (Phi) is 3.18. The molecule has 0 heterocycles. The molecular weight excluding hydrogens is 208 g/mol. The molecule has 0 amide bonds. The molecule has 1 rings (SSSR count). The van der Waals surface area contributed by atoms with Crippen LogP contribution in [0.1, 0.15) is 11.1 Å². The number of hydrogen-bond acceptors (Lipinski definition) is 3. The molecule has 0 bridgehead atoms. The molecule has 0 aliphatic heterocycles. The van der Waals surface area contributed by atoms with E-state index in [0.717, 1.165) is 0 Å². The zero-order valence-electron chi connectivity index (χ0n) is 8.16. The number of alkyl halides is 2. The normalized spacial score (nSPS) is 10.5. The van der Waals surface area contributed by atoms with Crippen molar-refractivity contribution in [2.24, 2.45) is 0 Å². The average molecular weight is 217 g/mol. The van der Waals surface area contributed by atoms with Crippen molar-refractivity contribution in [3.8, 4) is 5.75 Å². The lowest BCUT2D eigenvalue weighted by Gasteiger charge is -2.10. The van der Waals surface area contributed by atoms with Crippen LogP contribution in [0.3, 0.4) is 0 Å². The molecule has 15 heavy (non-hydrogen) atoms. The number of benzene rings is 1. The van der Waals surface area contributed by atoms with E-state index in [9.17, 15) is 18.9 Å². The third-order valence-electron chi connectivity index (χ3n) is 1.86. The van der Waals surface area contributed by atoms with Crippen molar-refractivity contribution in [2.45, 2.75) is 20.5 Å². The maximum absolute atomic E-state index is 12.0. The van der Waals surface area contributed by atoms with Crippen molar-refractivity contribution in [3.63, 3.8) is 0 Å². The maximum Gasteiger partial charge on any atom is 0.387 e. The molecule has 0 aromatic heterocycles. The summed E-state index contributed by atoms with van der Waals surface area (Å²) in [6, 6.07) is 2.40. The Bertz CT molecular complexity index is 370. The summed E-state index contributed by atoms with van der Waals surface area (Å²) >= 11 is 0. The smallest absolute Gasteiger partial charge is 0.387 e. The number of ether oxygens (including phenoxy) is 1. The number of nitro groups is 1. The van der Waals surface area contributed by atoms with Gasteiger partial charge in [-0.2, -0.15) is 8.78 Å². The minimum Gasteiger partial charge on any atom is -0.434 e. The molecule has 82 valence electrons. The van der Waals surface area contributed by atoms with Crippen LogP contribution in [0.2, 0.25) is 0 Å².